The Labute approximate surface area is 108 Å². The molecule has 1 aromatic carbocycles. The first-order valence-electron chi connectivity index (χ1n) is 6.78. The summed E-state index contributed by atoms with van der Waals surface area (Å²) in [6.45, 7) is 4.05. The van der Waals surface area contributed by atoms with Crippen molar-refractivity contribution in [3.05, 3.63) is 29.6 Å². The zero-order valence-electron chi connectivity index (χ0n) is 11.2. The molecule has 0 aliphatic heterocycles. The highest BCUT2D eigenvalue weighted by atomic mass is 19.1. The number of nitrogens with two attached hydrogens (primary N) is 1. The smallest absolute Gasteiger partial charge is 0.131 e. The van der Waals surface area contributed by atoms with Gasteiger partial charge in [-0.25, -0.2) is 4.39 Å². The number of ether oxygens (including phenoxy) is 1. The molecule has 100 valence electrons. The van der Waals surface area contributed by atoms with Crippen molar-refractivity contribution in [2.24, 2.45) is 11.7 Å². The lowest BCUT2D eigenvalue weighted by atomic mass is 9.89. The van der Waals surface area contributed by atoms with Crippen molar-refractivity contribution in [2.75, 3.05) is 0 Å². The molecule has 2 rings (SSSR count). The van der Waals surface area contributed by atoms with Crippen molar-refractivity contribution in [3.8, 4) is 5.75 Å². The zero-order chi connectivity index (χ0) is 13.1. The van der Waals surface area contributed by atoms with E-state index in [1.165, 1.54) is 18.9 Å². The Morgan fingerprint density at radius 3 is 2.50 bits per heavy atom. The van der Waals surface area contributed by atoms with Gasteiger partial charge in [-0.3, -0.25) is 0 Å². The summed E-state index contributed by atoms with van der Waals surface area (Å²) in [5, 5.41) is 0. The highest BCUT2D eigenvalue weighted by Gasteiger charge is 2.20. The Morgan fingerprint density at radius 2 is 1.94 bits per heavy atom. The van der Waals surface area contributed by atoms with Crippen LogP contribution in [0.1, 0.15) is 51.1 Å². The van der Waals surface area contributed by atoms with E-state index in [4.69, 9.17) is 10.5 Å². The van der Waals surface area contributed by atoms with Crippen molar-refractivity contribution >= 4 is 0 Å². The molecule has 1 saturated carbocycles. The van der Waals surface area contributed by atoms with E-state index >= 15 is 0 Å². The fourth-order valence-electron chi connectivity index (χ4n) is 2.49. The highest BCUT2D eigenvalue weighted by molar-refractivity contribution is 5.30. The first kappa shape index (κ1) is 13.3. The lowest BCUT2D eigenvalue weighted by Gasteiger charge is -2.27. The van der Waals surface area contributed by atoms with Crippen LogP contribution in [-0.2, 0) is 0 Å². The second-order valence-corrected chi connectivity index (χ2v) is 5.47. The van der Waals surface area contributed by atoms with Crippen LogP contribution in [0.25, 0.3) is 0 Å². The van der Waals surface area contributed by atoms with Gasteiger partial charge in [-0.1, -0.05) is 13.0 Å². The highest BCUT2D eigenvalue weighted by Crippen LogP contribution is 2.28. The lowest BCUT2D eigenvalue weighted by Crippen LogP contribution is -2.23. The van der Waals surface area contributed by atoms with Crippen LogP contribution in [0.4, 0.5) is 4.39 Å². The summed E-state index contributed by atoms with van der Waals surface area (Å²) < 4.78 is 19.6. The van der Waals surface area contributed by atoms with E-state index in [1.54, 1.807) is 13.0 Å². The third-order valence-electron chi connectivity index (χ3n) is 3.73. The molecule has 0 bridgehead atoms. The zero-order valence-corrected chi connectivity index (χ0v) is 11.2. The average molecular weight is 251 g/mol. The molecule has 0 unspecified atom stereocenters. The van der Waals surface area contributed by atoms with Crippen LogP contribution in [0.15, 0.2) is 18.2 Å². The molecule has 1 aliphatic carbocycles. The van der Waals surface area contributed by atoms with Gasteiger partial charge in [0.2, 0.25) is 0 Å². The summed E-state index contributed by atoms with van der Waals surface area (Å²) in [5.74, 6) is 1.14. The minimum absolute atomic E-state index is 0.238. The first-order valence-corrected chi connectivity index (χ1v) is 6.78. The summed E-state index contributed by atoms with van der Waals surface area (Å²) in [4.78, 5) is 0. The predicted octanol–water partition coefficient (Wildman–Crippen LogP) is 3.80. The molecule has 1 atom stereocenters. The largest absolute Gasteiger partial charge is 0.490 e. The Balaban J connectivity index is 2.00. The van der Waals surface area contributed by atoms with Gasteiger partial charge in [0.1, 0.15) is 11.6 Å². The Hall–Kier alpha value is -1.09. The van der Waals surface area contributed by atoms with E-state index < -0.39 is 0 Å². The third kappa shape index (κ3) is 3.22. The van der Waals surface area contributed by atoms with E-state index in [0.717, 1.165) is 18.8 Å². The van der Waals surface area contributed by atoms with Crippen molar-refractivity contribution in [1.29, 1.82) is 0 Å². The predicted molar refractivity (Wildman–Crippen MR) is 71.1 cm³/mol. The van der Waals surface area contributed by atoms with Crippen molar-refractivity contribution in [2.45, 2.75) is 51.7 Å². The molecule has 2 N–H and O–H groups in total. The van der Waals surface area contributed by atoms with Crippen LogP contribution in [0.3, 0.4) is 0 Å². The van der Waals surface area contributed by atoms with E-state index in [2.05, 4.69) is 6.92 Å². The normalized spacial score (nSPS) is 25.8. The summed E-state index contributed by atoms with van der Waals surface area (Å²) in [7, 11) is 0. The fraction of sp³-hybridized carbons (Fsp3) is 0.600. The van der Waals surface area contributed by atoms with Gasteiger partial charge < -0.3 is 10.5 Å². The van der Waals surface area contributed by atoms with Gasteiger partial charge in [0.15, 0.2) is 0 Å². The molecule has 0 aromatic heterocycles. The van der Waals surface area contributed by atoms with Gasteiger partial charge in [-0.05, 0) is 44.6 Å². The van der Waals surface area contributed by atoms with E-state index in [0.29, 0.717) is 11.3 Å². The molecule has 0 amide bonds. The molecule has 0 radical (unpaired) electrons. The fourth-order valence-corrected chi connectivity index (χ4v) is 2.49. The number of hydrogen-bond acceptors (Lipinski definition) is 2. The van der Waals surface area contributed by atoms with Gasteiger partial charge in [-0.2, -0.15) is 0 Å². The minimum Gasteiger partial charge on any atom is -0.490 e. The summed E-state index contributed by atoms with van der Waals surface area (Å²) in [6, 6.07) is 4.71. The number of benzene rings is 1. The maximum atomic E-state index is 13.8. The van der Waals surface area contributed by atoms with Crippen LogP contribution in [-0.4, -0.2) is 6.10 Å². The van der Waals surface area contributed by atoms with Crippen LogP contribution in [0.2, 0.25) is 0 Å². The molecule has 1 fully saturated rings. The second kappa shape index (κ2) is 5.70. The number of halogens is 1. The summed E-state index contributed by atoms with van der Waals surface area (Å²) in [5.41, 5.74) is 6.22. The van der Waals surface area contributed by atoms with Gasteiger partial charge in [0, 0.05) is 17.7 Å². The molecule has 18 heavy (non-hydrogen) atoms. The Bertz CT molecular complexity index is 397. The standard InChI is InChI=1S/C15H22FNO/c1-10-3-5-12(6-4-10)18-13-7-8-14(11(2)17)15(16)9-13/h7-12H,3-6,17H2,1-2H3/t10?,11-,12?/m1/s1. The molecular weight excluding hydrogens is 229 g/mol. The van der Waals surface area contributed by atoms with Crippen LogP contribution >= 0.6 is 0 Å². The Kier molecular flexibility index (Phi) is 4.23. The number of hydrogen-bond donors (Lipinski definition) is 1. The monoisotopic (exact) mass is 251 g/mol. The maximum absolute atomic E-state index is 13.8. The molecule has 3 heteroatoms. The molecule has 1 aliphatic rings. The summed E-state index contributed by atoms with van der Waals surface area (Å²) >= 11 is 0. The van der Waals surface area contributed by atoms with Crippen molar-refractivity contribution < 1.29 is 9.13 Å². The first-order chi connectivity index (χ1) is 8.56. The Morgan fingerprint density at radius 1 is 1.28 bits per heavy atom. The third-order valence-corrected chi connectivity index (χ3v) is 3.73. The van der Waals surface area contributed by atoms with E-state index in [1.807, 2.05) is 6.07 Å². The summed E-state index contributed by atoms with van der Waals surface area (Å²) in [6.07, 6.45) is 4.77. The maximum Gasteiger partial charge on any atom is 0.131 e. The van der Waals surface area contributed by atoms with Crippen molar-refractivity contribution in [1.82, 2.24) is 0 Å². The molecule has 1 aromatic rings. The van der Waals surface area contributed by atoms with Crippen LogP contribution in [0.5, 0.6) is 5.75 Å². The van der Waals surface area contributed by atoms with Gasteiger partial charge >= 0.3 is 0 Å². The van der Waals surface area contributed by atoms with Crippen LogP contribution < -0.4 is 10.5 Å². The van der Waals surface area contributed by atoms with Gasteiger partial charge in [-0.15, -0.1) is 0 Å². The molecule has 0 saturated heterocycles. The van der Waals surface area contributed by atoms with Gasteiger partial charge in [0.25, 0.3) is 0 Å². The molecule has 0 spiro atoms. The lowest BCUT2D eigenvalue weighted by molar-refractivity contribution is 0.135. The van der Waals surface area contributed by atoms with Crippen LogP contribution in [0, 0.1) is 11.7 Å². The minimum atomic E-state index is -0.283. The average Bonchev–Trinajstić information content (AvgIpc) is 2.32. The number of rotatable bonds is 3. The molecular formula is C15H22FNO. The SMILES string of the molecule is CC1CCC(Oc2ccc([C@@H](C)N)c(F)c2)CC1. The quantitative estimate of drug-likeness (QED) is 0.886. The molecule has 2 nitrogen and oxygen atoms in total. The van der Waals surface area contributed by atoms with Gasteiger partial charge in [0.05, 0.1) is 6.10 Å². The van der Waals surface area contributed by atoms with Crippen molar-refractivity contribution in [3.63, 3.8) is 0 Å². The molecule has 0 heterocycles. The topological polar surface area (TPSA) is 35.2 Å². The second-order valence-electron chi connectivity index (χ2n) is 5.47. The van der Waals surface area contributed by atoms with E-state index in [-0.39, 0.29) is 18.0 Å². The van der Waals surface area contributed by atoms with E-state index in [9.17, 15) is 4.39 Å².